The number of esters is 1. The number of hydrogen-bond acceptors (Lipinski definition) is 8. The van der Waals surface area contributed by atoms with E-state index in [0.717, 1.165) is 24.2 Å². The normalized spacial score (nSPS) is 12.3. The van der Waals surface area contributed by atoms with Gasteiger partial charge in [0, 0.05) is 26.8 Å². The molecule has 2 rings (SSSR count). The van der Waals surface area contributed by atoms with Crippen LogP contribution in [0.25, 0.3) is 10.2 Å². The number of nitrogens with zero attached hydrogens (tertiary/aromatic N) is 2. The Kier molecular flexibility index (Phi) is 10.1. The van der Waals surface area contributed by atoms with E-state index in [9.17, 15) is 14.7 Å². The molecule has 0 spiro atoms. The Labute approximate surface area is 186 Å². The van der Waals surface area contributed by atoms with E-state index in [1.807, 2.05) is 4.90 Å². The largest absolute Gasteiger partial charge is 0.457 e. The molecule has 0 aliphatic carbocycles. The van der Waals surface area contributed by atoms with Crippen molar-refractivity contribution in [1.29, 1.82) is 0 Å². The van der Waals surface area contributed by atoms with Crippen molar-refractivity contribution in [3.63, 3.8) is 0 Å². The molecule has 0 amide bonds. The zero-order valence-electron chi connectivity index (χ0n) is 18.2. The summed E-state index contributed by atoms with van der Waals surface area (Å²) in [6.07, 6.45) is 4.90. The Hall–Kier alpha value is -2.33. The average Bonchev–Trinajstić information content (AvgIpc) is 3.07. The number of fused-ring (bicyclic) bond motifs is 1. The number of aliphatic hydroxyl groups excluding tert-OH is 1. The van der Waals surface area contributed by atoms with Gasteiger partial charge in [0.2, 0.25) is 0 Å². The van der Waals surface area contributed by atoms with Gasteiger partial charge in [0.1, 0.15) is 22.1 Å². The van der Waals surface area contributed by atoms with E-state index in [-0.39, 0.29) is 12.2 Å². The van der Waals surface area contributed by atoms with Crippen molar-refractivity contribution in [2.75, 3.05) is 33.4 Å². The number of aryl methyl sites for hydroxylation is 1. The van der Waals surface area contributed by atoms with Crippen LogP contribution >= 0.6 is 11.3 Å². The Morgan fingerprint density at radius 3 is 2.84 bits per heavy atom. The minimum atomic E-state index is -0.508. The van der Waals surface area contributed by atoms with E-state index < -0.39 is 12.1 Å². The molecule has 0 bridgehead atoms. The first-order valence-corrected chi connectivity index (χ1v) is 11.0. The van der Waals surface area contributed by atoms with Gasteiger partial charge < -0.3 is 19.6 Å². The number of nitrogens with one attached hydrogen (secondary N) is 1. The maximum Gasteiger partial charge on any atom is 0.348 e. The number of H-pyrrole nitrogens is 1. The fourth-order valence-electron chi connectivity index (χ4n) is 3.24. The topological polar surface area (TPSA) is 105 Å². The van der Waals surface area contributed by atoms with Crippen LogP contribution in [-0.2, 0) is 16.0 Å². The van der Waals surface area contributed by atoms with E-state index in [4.69, 9.17) is 9.47 Å². The summed E-state index contributed by atoms with van der Waals surface area (Å²) in [5.41, 5.74) is 0.270. The number of rotatable bonds is 14. The fourth-order valence-corrected chi connectivity index (χ4v) is 4.33. The van der Waals surface area contributed by atoms with Crippen LogP contribution in [0.2, 0.25) is 0 Å². The van der Waals surface area contributed by atoms with Crippen LogP contribution in [-0.4, -0.2) is 65.5 Å². The second kappa shape index (κ2) is 12.5. The highest BCUT2D eigenvalue weighted by molar-refractivity contribution is 7.20. The van der Waals surface area contributed by atoms with Gasteiger partial charge in [0.15, 0.2) is 0 Å². The third-order valence-corrected chi connectivity index (χ3v) is 5.90. The van der Waals surface area contributed by atoms with E-state index in [0.29, 0.717) is 59.1 Å². The van der Waals surface area contributed by atoms with Gasteiger partial charge >= 0.3 is 5.97 Å². The fraction of sp³-hybridized carbons (Fsp3) is 0.500. The number of carbonyl (C=O) groups excluding carboxylic acids is 1. The molecule has 31 heavy (non-hydrogen) atoms. The lowest BCUT2D eigenvalue weighted by molar-refractivity contribution is 0.0554. The average molecular weight is 450 g/mol. The standard InChI is InChI=1S/C22H31N3O5S/c1-5-7-9-16(26)13-25(10-8-12-29-4)14-17-23-20(27)18-15(3)19(31-21(18)24-17)22(28)30-11-6-2/h5-6,16,26H,1-2,7-14H2,3-4H3,(H,23,24,27). The number of carbonyl (C=O) groups is 1. The van der Waals surface area contributed by atoms with E-state index in [2.05, 4.69) is 23.1 Å². The van der Waals surface area contributed by atoms with Crippen LogP contribution in [0.4, 0.5) is 0 Å². The molecule has 1 unspecified atom stereocenters. The van der Waals surface area contributed by atoms with Gasteiger partial charge in [-0.2, -0.15) is 0 Å². The molecular weight excluding hydrogens is 418 g/mol. The van der Waals surface area contributed by atoms with Gasteiger partial charge in [-0.15, -0.1) is 17.9 Å². The zero-order valence-corrected chi connectivity index (χ0v) is 19.0. The molecule has 0 saturated carbocycles. The van der Waals surface area contributed by atoms with Crippen molar-refractivity contribution in [2.24, 2.45) is 0 Å². The molecule has 2 aromatic heterocycles. The number of aliphatic hydroxyl groups is 1. The van der Waals surface area contributed by atoms with Crippen molar-refractivity contribution in [2.45, 2.75) is 38.8 Å². The minimum Gasteiger partial charge on any atom is -0.457 e. The Balaban J connectivity index is 2.25. The molecule has 170 valence electrons. The zero-order chi connectivity index (χ0) is 22.8. The monoisotopic (exact) mass is 449 g/mol. The van der Waals surface area contributed by atoms with Crippen LogP contribution in [0, 0.1) is 6.92 Å². The van der Waals surface area contributed by atoms with Gasteiger partial charge in [-0.1, -0.05) is 18.7 Å². The Morgan fingerprint density at radius 1 is 1.39 bits per heavy atom. The number of hydrogen-bond donors (Lipinski definition) is 2. The maximum absolute atomic E-state index is 12.7. The molecule has 2 aromatic rings. The first-order valence-electron chi connectivity index (χ1n) is 10.2. The van der Waals surface area contributed by atoms with Crippen LogP contribution < -0.4 is 5.56 Å². The lowest BCUT2D eigenvalue weighted by Gasteiger charge is -2.24. The quantitative estimate of drug-likeness (QED) is 0.260. The van der Waals surface area contributed by atoms with Crippen LogP contribution in [0.15, 0.2) is 30.1 Å². The minimum absolute atomic E-state index is 0.103. The molecule has 8 nitrogen and oxygen atoms in total. The third-order valence-electron chi connectivity index (χ3n) is 4.74. The lowest BCUT2D eigenvalue weighted by Crippen LogP contribution is -2.34. The summed E-state index contributed by atoms with van der Waals surface area (Å²) in [5.74, 6) is -0.00835. The molecule has 0 saturated heterocycles. The predicted molar refractivity (Wildman–Crippen MR) is 123 cm³/mol. The number of aromatic nitrogens is 2. The molecule has 1 atom stereocenters. The van der Waals surface area contributed by atoms with Gasteiger partial charge in [-0.3, -0.25) is 9.69 Å². The maximum atomic E-state index is 12.7. The van der Waals surface area contributed by atoms with Crippen LogP contribution in [0.5, 0.6) is 0 Å². The second-order valence-corrected chi connectivity index (χ2v) is 8.24. The second-order valence-electron chi connectivity index (χ2n) is 7.24. The summed E-state index contributed by atoms with van der Waals surface area (Å²) in [6.45, 7) is 11.1. The molecule has 0 aromatic carbocycles. The molecule has 9 heteroatoms. The predicted octanol–water partition coefficient (Wildman–Crippen LogP) is 2.80. The highest BCUT2D eigenvalue weighted by atomic mass is 32.1. The summed E-state index contributed by atoms with van der Waals surface area (Å²) in [7, 11) is 1.65. The molecule has 0 radical (unpaired) electrons. The molecule has 0 aliphatic heterocycles. The van der Waals surface area contributed by atoms with Crippen molar-refractivity contribution < 1.29 is 19.4 Å². The summed E-state index contributed by atoms with van der Waals surface area (Å²) in [6, 6.07) is 0. The van der Waals surface area contributed by atoms with Gasteiger partial charge in [0.25, 0.3) is 5.56 Å². The smallest absolute Gasteiger partial charge is 0.348 e. The molecule has 0 aliphatic rings. The van der Waals surface area contributed by atoms with Crippen LogP contribution in [0.1, 0.15) is 40.3 Å². The van der Waals surface area contributed by atoms with E-state index in [1.54, 1.807) is 20.1 Å². The number of aromatic amines is 1. The number of methoxy groups -OCH3 is 1. The highest BCUT2D eigenvalue weighted by Crippen LogP contribution is 2.27. The van der Waals surface area contributed by atoms with E-state index in [1.165, 1.54) is 6.08 Å². The summed E-state index contributed by atoms with van der Waals surface area (Å²) in [4.78, 5) is 35.3. The van der Waals surface area contributed by atoms with Gasteiger partial charge in [-0.25, -0.2) is 9.78 Å². The van der Waals surface area contributed by atoms with Crippen molar-refractivity contribution in [3.8, 4) is 0 Å². The lowest BCUT2D eigenvalue weighted by atomic mass is 10.2. The molecule has 2 heterocycles. The Bertz CT molecular complexity index is 953. The number of ether oxygens (including phenoxy) is 2. The Morgan fingerprint density at radius 2 is 2.16 bits per heavy atom. The first kappa shape index (κ1) is 24.9. The number of thiophene rings is 1. The van der Waals surface area contributed by atoms with Crippen molar-refractivity contribution in [1.82, 2.24) is 14.9 Å². The van der Waals surface area contributed by atoms with Crippen molar-refractivity contribution in [3.05, 3.63) is 51.9 Å². The highest BCUT2D eigenvalue weighted by Gasteiger charge is 2.21. The summed E-state index contributed by atoms with van der Waals surface area (Å²) >= 11 is 1.15. The summed E-state index contributed by atoms with van der Waals surface area (Å²) < 4.78 is 10.2. The number of allylic oxidation sites excluding steroid dienone is 1. The first-order chi connectivity index (χ1) is 14.9. The third kappa shape index (κ3) is 7.10. The van der Waals surface area contributed by atoms with Gasteiger partial charge in [-0.05, 0) is 31.7 Å². The van der Waals surface area contributed by atoms with Crippen molar-refractivity contribution >= 4 is 27.5 Å². The summed E-state index contributed by atoms with van der Waals surface area (Å²) in [5, 5.41) is 10.7. The molecular formula is C22H31N3O5S. The molecule has 0 fully saturated rings. The van der Waals surface area contributed by atoms with Crippen LogP contribution in [0.3, 0.4) is 0 Å². The molecule has 2 N–H and O–H groups in total. The van der Waals surface area contributed by atoms with E-state index >= 15 is 0 Å². The SMILES string of the molecule is C=CCCC(O)CN(CCCOC)Cc1nc2sc(C(=O)OCC=C)c(C)c2c(=O)[nH]1. The van der Waals surface area contributed by atoms with Gasteiger partial charge in [0.05, 0.1) is 18.0 Å².